The summed E-state index contributed by atoms with van der Waals surface area (Å²) in [6, 6.07) is 18.4. The van der Waals surface area contributed by atoms with Gasteiger partial charge in [-0.15, -0.1) is 0 Å². The van der Waals surface area contributed by atoms with Crippen molar-refractivity contribution in [1.82, 2.24) is 4.90 Å². The number of primary amides is 1. The Morgan fingerprint density at radius 1 is 1.15 bits per heavy atom. The molecule has 1 saturated heterocycles. The smallest absolute Gasteiger partial charge is 0.240 e. The van der Waals surface area contributed by atoms with Gasteiger partial charge in [0.1, 0.15) is 6.04 Å². The third-order valence-electron chi connectivity index (χ3n) is 5.44. The Labute approximate surface area is 170 Å². The second-order valence-corrected chi connectivity index (χ2v) is 8.01. The number of nitrogens with two attached hydrogens (primary N) is 1. The van der Waals surface area contributed by atoms with Crippen LogP contribution in [0.3, 0.4) is 0 Å². The van der Waals surface area contributed by atoms with Crippen LogP contribution in [0.2, 0.25) is 0 Å². The van der Waals surface area contributed by atoms with E-state index in [4.69, 9.17) is 5.73 Å². The molecule has 3 atom stereocenters. The van der Waals surface area contributed by atoms with Gasteiger partial charge in [-0.3, -0.25) is 4.79 Å². The molecule has 2 aliphatic rings. The number of amides is 1. The molecule has 0 aromatic heterocycles. The summed E-state index contributed by atoms with van der Waals surface area (Å²) in [7, 11) is 0. The first kappa shape index (κ1) is 17.6. The zero-order valence-electron chi connectivity index (χ0n) is 14.2. The molecule has 0 unspecified atom stereocenters. The topological polar surface area (TPSA) is 93.9 Å². The molecule has 132 valence electrons. The molecule has 0 saturated carbocycles. The van der Waals surface area contributed by atoms with Crippen molar-refractivity contribution in [2.24, 2.45) is 11.1 Å². The lowest BCUT2D eigenvalue weighted by atomic mass is 9.68. The molecule has 1 amide bonds. The minimum Gasteiger partial charge on any atom is -0.368 e. The van der Waals surface area contributed by atoms with Crippen LogP contribution in [0.25, 0.3) is 6.08 Å². The normalized spacial score (nSPS) is 24.4. The summed E-state index contributed by atoms with van der Waals surface area (Å²) in [4.78, 5) is 14.3. The van der Waals surface area contributed by atoms with Gasteiger partial charge in [-0.05, 0) is 57.5 Å². The van der Waals surface area contributed by atoms with E-state index in [-0.39, 0.29) is 0 Å². The fourth-order valence-corrected chi connectivity index (χ4v) is 4.96. The summed E-state index contributed by atoms with van der Waals surface area (Å²) in [5.41, 5.74) is 6.93. The van der Waals surface area contributed by atoms with Crippen molar-refractivity contribution in [3.05, 3.63) is 75.0 Å². The molecule has 6 heteroatoms. The largest absolute Gasteiger partial charge is 0.368 e. The Morgan fingerprint density at radius 3 is 2.56 bits per heavy atom. The van der Waals surface area contributed by atoms with Gasteiger partial charge < -0.3 is 10.6 Å². The number of fused-ring (bicyclic) bond motifs is 3. The Kier molecular flexibility index (Phi) is 4.16. The highest BCUT2D eigenvalue weighted by Gasteiger charge is 2.63. The first-order valence-corrected chi connectivity index (χ1v) is 9.53. The van der Waals surface area contributed by atoms with Crippen molar-refractivity contribution in [2.75, 3.05) is 0 Å². The summed E-state index contributed by atoms with van der Waals surface area (Å²) >= 11 is 2.18. The minimum absolute atomic E-state index is 0.541. The second kappa shape index (κ2) is 6.40. The summed E-state index contributed by atoms with van der Waals surface area (Å²) in [6.07, 6.45) is 3.69. The van der Waals surface area contributed by atoms with Gasteiger partial charge in [0.25, 0.3) is 0 Å². The highest BCUT2D eigenvalue weighted by Crippen LogP contribution is 2.59. The van der Waals surface area contributed by atoms with Crippen molar-refractivity contribution in [3.63, 3.8) is 0 Å². The molecular formula is C21H15IN4O. The standard InChI is InChI=1S/C21H15IN4O/c22-15-6-3-5-14(10-15)17-18(20(25)27)26-9-8-13-4-1-2-7-16(13)19(26)21(17,11-23)12-24/h1-10,17-19H,(H2,25,27)/t17-,18+,19-/m0/s1. The van der Waals surface area contributed by atoms with E-state index < -0.39 is 29.3 Å². The van der Waals surface area contributed by atoms with Crippen LogP contribution in [0, 0.1) is 31.6 Å². The van der Waals surface area contributed by atoms with Crippen LogP contribution >= 0.6 is 22.6 Å². The molecule has 0 radical (unpaired) electrons. The summed E-state index contributed by atoms with van der Waals surface area (Å²) in [5.74, 6) is -1.19. The third-order valence-corrected chi connectivity index (χ3v) is 6.11. The van der Waals surface area contributed by atoms with Crippen molar-refractivity contribution in [1.29, 1.82) is 10.5 Å². The molecule has 27 heavy (non-hydrogen) atoms. The van der Waals surface area contributed by atoms with Gasteiger partial charge in [-0.1, -0.05) is 36.4 Å². The average molecular weight is 466 g/mol. The van der Waals surface area contributed by atoms with Crippen LogP contribution < -0.4 is 5.73 Å². The number of benzene rings is 2. The molecule has 2 aliphatic heterocycles. The first-order chi connectivity index (χ1) is 13.0. The predicted molar refractivity (Wildman–Crippen MR) is 109 cm³/mol. The quantitative estimate of drug-likeness (QED) is 0.688. The van der Waals surface area contributed by atoms with E-state index in [1.165, 1.54) is 0 Å². The van der Waals surface area contributed by atoms with Crippen molar-refractivity contribution >= 4 is 34.6 Å². The molecule has 4 rings (SSSR count). The van der Waals surface area contributed by atoms with E-state index in [1.807, 2.05) is 54.6 Å². The molecule has 5 nitrogen and oxygen atoms in total. The number of nitriles is 2. The van der Waals surface area contributed by atoms with Crippen molar-refractivity contribution < 1.29 is 4.79 Å². The lowest BCUT2D eigenvalue weighted by Gasteiger charge is -2.34. The van der Waals surface area contributed by atoms with Gasteiger partial charge in [-0.25, -0.2) is 0 Å². The van der Waals surface area contributed by atoms with Gasteiger partial charge in [0, 0.05) is 15.7 Å². The highest BCUT2D eigenvalue weighted by molar-refractivity contribution is 14.1. The molecule has 2 N–H and O–H groups in total. The zero-order chi connectivity index (χ0) is 19.2. The fraction of sp³-hybridized carbons (Fsp3) is 0.190. The molecule has 1 fully saturated rings. The summed E-state index contributed by atoms with van der Waals surface area (Å²) < 4.78 is 0.971. The maximum Gasteiger partial charge on any atom is 0.240 e. The van der Waals surface area contributed by atoms with E-state index in [2.05, 4.69) is 34.7 Å². The Bertz CT molecular complexity index is 1030. The molecular weight excluding hydrogens is 451 g/mol. The van der Waals surface area contributed by atoms with Crippen molar-refractivity contribution in [2.45, 2.75) is 18.0 Å². The second-order valence-electron chi connectivity index (χ2n) is 6.77. The van der Waals surface area contributed by atoms with E-state index in [1.54, 1.807) is 11.1 Å². The fourth-order valence-electron chi connectivity index (χ4n) is 4.39. The average Bonchev–Trinajstić information content (AvgIpc) is 2.99. The molecule has 2 heterocycles. The number of nitrogens with zero attached hydrogens (tertiary/aromatic N) is 3. The number of halogens is 1. The molecule has 0 bridgehead atoms. The van der Waals surface area contributed by atoms with Crippen LogP contribution in [0.15, 0.2) is 54.7 Å². The Morgan fingerprint density at radius 2 is 1.89 bits per heavy atom. The maximum absolute atomic E-state index is 12.5. The van der Waals surface area contributed by atoms with E-state index in [0.717, 1.165) is 20.3 Å². The maximum atomic E-state index is 12.5. The van der Waals surface area contributed by atoms with Crippen LogP contribution in [0.5, 0.6) is 0 Å². The molecule has 2 aromatic carbocycles. The van der Waals surface area contributed by atoms with Crippen LogP contribution in [-0.4, -0.2) is 16.8 Å². The first-order valence-electron chi connectivity index (χ1n) is 8.45. The third kappa shape index (κ3) is 2.44. The van der Waals surface area contributed by atoms with Crippen LogP contribution in [0.4, 0.5) is 0 Å². The Hall–Kier alpha value is -2.84. The van der Waals surface area contributed by atoms with Gasteiger partial charge in [0.2, 0.25) is 5.91 Å². The van der Waals surface area contributed by atoms with Gasteiger partial charge in [0.05, 0.1) is 18.2 Å². The summed E-state index contributed by atoms with van der Waals surface area (Å²) in [6.45, 7) is 0. The highest BCUT2D eigenvalue weighted by atomic mass is 127. The number of hydrogen-bond donors (Lipinski definition) is 1. The van der Waals surface area contributed by atoms with Gasteiger partial charge in [-0.2, -0.15) is 10.5 Å². The van der Waals surface area contributed by atoms with E-state index >= 15 is 0 Å². The number of hydrogen-bond acceptors (Lipinski definition) is 4. The van der Waals surface area contributed by atoms with Crippen LogP contribution in [-0.2, 0) is 4.79 Å². The minimum atomic E-state index is -1.44. The van der Waals surface area contributed by atoms with Crippen LogP contribution in [0.1, 0.15) is 28.7 Å². The predicted octanol–water partition coefficient (Wildman–Crippen LogP) is 3.30. The lowest BCUT2D eigenvalue weighted by Crippen LogP contribution is -2.41. The number of carbonyl (C=O) groups is 1. The van der Waals surface area contributed by atoms with Gasteiger partial charge >= 0.3 is 0 Å². The SMILES string of the molecule is N#CC1(C#N)[C@@H]2c3ccccc3C=CN2[C@@H](C(N)=O)[C@@H]1c1cccc(I)c1. The summed E-state index contributed by atoms with van der Waals surface area (Å²) in [5, 5.41) is 20.4. The molecule has 0 spiro atoms. The monoisotopic (exact) mass is 466 g/mol. The van der Waals surface area contributed by atoms with Gasteiger partial charge in [0.15, 0.2) is 5.41 Å². The molecule has 0 aliphatic carbocycles. The number of carbonyl (C=O) groups excluding carboxylic acids is 1. The molecule has 2 aromatic rings. The lowest BCUT2D eigenvalue weighted by molar-refractivity contribution is -0.122. The van der Waals surface area contributed by atoms with Crippen molar-refractivity contribution in [3.8, 4) is 12.1 Å². The zero-order valence-corrected chi connectivity index (χ0v) is 16.4. The van der Waals surface area contributed by atoms with E-state index in [0.29, 0.717) is 0 Å². The van der Waals surface area contributed by atoms with E-state index in [9.17, 15) is 15.3 Å². The number of rotatable bonds is 2. The Balaban J connectivity index is 2.02.